The zero-order valence-corrected chi connectivity index (χ0v) is 16.1. The largest absolute Gasteiger partial charge is 0.381 e. The molecule has 0 saturated carbocycles. The molecule has 2 aromatic heterocycles. The lowest BCUT2D eigenvalue weighted by Gasteiger charge is -2.05. The number of carbonyl (C=O) groups excluding carboxylic acids is 1. The Bertz CT molecular complexity index is 855. The van der Waals surface area contributed by atoms with E-state index in [1.54, 1.807) is 0 Å². The van der Waals surface area contributed by atoms with Crippen LogP contribution in [0.3, 0.4) is 0 Å². The van der Waals surface area contributed by atoms with Gasteiger partial charge in [0.2, 0.25) is 0 Å². The second-order valence-electron chi connectivity index (χ2n) is 6.24. The quantitative estimate of drug-likeness (QED) is 0.570. The fourth-order valence-corrected chi connectivity index (χ4v) is 3.74. The smallest absolute Gasteiger partial charge is 0.263 e. The van der Waals surface area contributed by atoms with Crippen molar-refractivity contribution in [3.8, 4) is 11.3 Å². The molecule has 0 unspecified atom stereocenters. The molecular weight excluding hydrogens is 346 g/mol. The number of aryl methyl sites for hydroxylation is 1. The van der Waals surface area contributed by atoms with E-state index < -0.39 is 0 Å². The van der Waals surface area contributed by atoms with E-state index in [1.807, 2.05) is 47.9 Å². The number of unbranched alkanes of at least 4 members (excludes halogenated alkanes) is 1. The van der Waals surface area contributed by atoms with Crippen molar-refractivity contribution in [3.05, 3.63) is 47.1 Å². The molecule has 2 heterocycles. The van der Waals surface area contributed by atoms with Crippen LogP contribution < -0.4 is 5.32 Å². The summed E-state index contributed by atoms with van der Waals surface area (Å²) in [4.78, 5) is 18.7. The van der Waals surface area contributed by atoms with Crippen molar-refractivity contribution in [2.24, 2.45) is 0 Å². The van der Waals surface area contributed by atoms with Crippen LogP contribution in [0.5, 0.6) is 0 Å². The predicted octanol–water partition coefficient (Wildman–Crippen LogP) is 4.31. The number of nitrogens with one attached hydrogen (secondary N) is 1. The van der Waals surface area contributed by atoms with Crippen LogP contribution in [0.2, 0.25) is 0 Å². The van der Waals surface area contributed by atoms with Gasteiger partial charge in [-0.25, -0.2) is 4.98 Å². The molecular formula is C20H25N3O2S. The molecule has 0 atom stereocenters. The number of rotatable bonds is 9. The topological polar surface area (TPSA) is 55.6 Å². The third-order valence-electron chi connectivity index (χ3n) is 4.23. The highest BCUT2D eigenvalue weighted by Crippen LogP contribution is 2.26. The number of nitrogens with zero attached hydrogens (tertiary/aromatic N) is 2. The van der Waals surface area contributed by atoms with Crippen LogP contribution >= 0.6 is 11.3 Å². The van der Waals surface area contributed by atoms with Gasteiger partial charge in [0.05, 0.1) is 5.69 Å². The highest BCUT2D eigenvalue weighted by atomic mass is 32.1. The second kappa shape index (κ2) is 8.96. The Labute approximate surface area is 158 Å². The molecule has 0 radical (unpaired) electrons. The molecule has 0 spiro atoms. The first-order valence-corrected chi connectivity index (χ1v) is 9.92. The van der Waals surface area contributed by atoms with Crippen LogP contribution in [0.15, 0.2) is 36.5 Å². The summed E-state index contributed by atoms with van der Waals surface area (Å²) in [5, 5.41) is 2.98. The zero-order chi connectivity index (χ0) is 18.4. The number of imidazole rings is 1. The van der Waals surface area contributed by atoms with E-state index in [-0.39, 0.29) is 5.91 Å². The Hall–Kier alpha value is -2.18. The molecule has 3 aromatic rings. The Kier molecular flexibility index (Phi) is 6.41. The number of benzene rings is 1. The molecule has 0 saturated heterocycles. The first kappa shape index (κ1) is 18.6. The van der Waals surface area contributed by atoms with E-state index in [0.717, 1.165) is 52.7 Å². The predicted molar refractivity (Wildman–Crippen MR) is 106 cm³/mol. The Morgan fingerprint density at radius 1 is 1.23 bits per heavy atom. The number of fused-ring (bicyclic) bond motifs is 1. The molecule has 0 bridgehead atoms. The molecule has 1 N–H and O–H groups in total. The lowest BCUT2D eigenvalue weighted by Crippen LogP contribution is -2.25. The molecule has 6 heteroatoms. The molecule has 3 rings (SSSR count). The van der Waals surface area contributed by atoms with Gasteiger partial charge in [0.25, 0.3) is 5.91 Å². The molecule has 5 nitrogen and oxygen atoms in total. The standard InChI is InChI=1S/C20H25N3O2S/c1-3-4-12-25-13-8-11-21-19(24)18-15(2)23-14-17(22-20(23)26-18)16-9-6-5-7-10-16/h5-7,9-10,14H,3-4,8,11-13H2,1-2H3,(H,21,24). The van der Waals surface area contributed by atoms with Gasteiger partial charge in [0.15, 0.2) is 4.96 Å². The molecule has 0 aliphatic carbocycles. The van der Waals surface area contributed by atoms with Crippen LogP contribution in [0.25, 0.3) is 16.2 Å². The lowest BCUT2D eigenvalue weighted by molar-refractivity contribution is 0.0943. The maximum Gasteiger partial charge on any atom is 0.263 e. The first-order chi connectivity index (χ1) is 12.7. The summed E-state index contributed by atoms with van der Waals surface area (Å²) >= 11 is 1.43. The molecule has 26 heavy (non-hydrogen) atoms. The highest BCUT2D eigenvalue weighted by molar-refractivity contribution is 7.19. The Balaban J connectivity index is 1.59. The van der Waals surface area contributed by atoms with Crippen molar-refractivity contribution in [2.75, 3.05) is 19.8 Å². The van der Waals surface area contributed by atoms with Gasteiger partial charge in [-0.05, 0) is 19.8 Å². The van der Waals surface area contributed by atoms with Gasteiger partial charge in [0, 0.05) is 37.2 Å². The van der Waals surface area contributed by atoms with Crippen molar-refractivity contribution >= 4 is 22.2 Å². The van der Waals surface area contributed by atoms with Gasteiger partial charge >= 0.3 is 0 Å². The summed E-state index contributed by atoms with van der Waals surface area (Å²) in [7, 11) is 0. The van der Waals surface area contributed by atoms with Gasteiger partial charge in [-0.3, -0.25) is 9.20 Å². The number of hydrogen-bond acceptors (Lipinski definition) is 4. The lowest BCUT2D eigenvalue weighted by atomic mass is 10.2. The summed E-state index contributed by atoms with van der Waals surface area (Å²) in [5.74, 6) is -0.0344. The number of amides is 1. The van der Waals surface area contributed by atoms with E-state index in [1.165, 1.54) is 11.3 Å². The highest BCUT2D eigenvalue weighted by Gasteiger charge is 2.17. The molecule has 0 aliphatic rings. The normalized spacial score (nSPS) is 11.2. The monoisotopic (exact) mass is 371 g/mol. The summed E-state index contributed by atoms with van der Waals surface area (Å²) in [6.07, 6.45) is 5.05. The van der Waals surface area contributed by atoms with Crippen LogP contribution in [0.1, 0.15) is 41.6 Å². The minimum absolute atomic E-state index is 0.0344. The minimum Gasteiger partial charge on any atom is -0.381 e. The van der Waals surface area contributed by atoms with Crippen LogP contribution in [0, 0.1) is 6.92 Å². The maximum absolute atomic E-state index is 12.4. The zero-order valence-electron chi connectivity index (χ0n) is 15.3. The summed E-state index contributed by atoms with van der Waals surface area (Å²) in [6, 6.07) is 10.1. The second-order valence-corrected chi connectivity index (χ2v) is 7.21. The van der Waals surface area contributed by atoms with Crippen LogP contribution in [-0.2, 0) is 4.74 Å². The number of hydrogen-bond donors (Lipinski definition) is 1. The Morgan fingerprint density at radius 3 is 2.73 bits per heavy atom. The SMILES string of the molecule is CCCCOCCCNC(=O)c1sc2nc(-c3ccccc3)cn2c1C. The first-order valence-electron chi connectivity index (χ1n) is 9.10. The average Bonchev–Trinajstić information content (AvgIpc) is 3.21. The number of carbonyl (C=O) groups is 1. The van der Waals surface area contributed by atoms with E-state index >= 15 is 0 Å². The van der Waals surface area contributed by atoms with Gasteiger partial charge in [-0.1, -0.05) is 55.0 Å². The van der Waals surface area contributed by atoms with E-state index in [4.69, 9.17) is 4.74 Å². The molecule has 1 aromatic carbocycles. The number of thiazole rings is 1. The van der Waals surface area contributed by atoms with Crippen molar-refractivity contribution in [2.45, 2.75) is 33.1 Å². The van der Waals surface area contributed by atoms with Crippen LogP contribution in [-0.4, -0.2) is 35.1 Å². The number of ether oxygens (including phenoxy) is 1. The fraction of sp³-hybridized carbons (Fsp3) is 0.400. The van der Waals surface area contributed by atoms with E-state index in [2.05, 4.69) is 17.2 Å². The third kappa shape index (κ3) is 4.31. The van der Waals surface area contributed by atoms with Gasteiger partial charge in [-0.2, -0.15) is 0 Å². The summed E-state index contributed by atoms with van der Waals surface area (Å²) in [5.41, 5.74) is 2.93. The molecule has 1 amide bonds. The molecule has 0 fully saturated rings. The molecule has 138 valence electrons. The van der Waals surface area contributed by atoms with Gasteiger partial charge < -0.3 is 10.1 Å². The minimum atomic E-state index is -0.0344. The van der Waals surface area contributed by atoms with E-state index in [9.17, 15) is 4.79 Å². The number of aromatic nitrogens is 2. The fourth-order valence-electron chi connectivity index (χ4n) is 2.71. The van der Waals surface area contributed by atoms with Gasteiger partial charge in [0.1, 0.15) is 4.88 Å². The van der Waals surface area contributed by atoms with Crippen molar-refractivity contribution < 1.29 is 9.53 Å². The van der Waals surface area contributed by atoms with Crippen molar-refractivity contribution in [3.63, 3.8) is 0 Å². The average molecular weight is 372 g/mol. The van der Waals surface area contributed by atoms with Crippen molar-refractivity contribution in [1.29, 1.82) is 0 Å². The maximum atomic E-state index is 12.4. The van der Waals surface area contributed by atoms with Crippen LogP contribution in [0.4, 0.5) is 0 Å². The molecule has 0 aliphatic heterocycles. The van der Waals surface area contributed by atoms with Gasteiger partial charge in [-0.15, -0.1) is 0 Å². The van der Waals surface area contributed by atoms with Crippen molar-refractivity contribution in [1.82, 2.24) is 14.7 Å². The summed E-state index contributed by atoms with van der Waals surface area (Å²) in [6.45, 7) is 6.22. The third-order valence-corrected chi connectivity index (χ3v) is 5.38. The Morgan fingerprint density at radius 2 is 2.00 bits per heavy atom. The van der Waals surface area contributed by atoms with E-state index in [0.29, 0.717) is 13.2 Å². The summed E-state index contributed by atoms with van der Waals surface area (Å²) < 4.78 is 7.51.